The second-order valence-corrected chi connectivity index (χ2v) is 13.3. The molecule has 1 amide bonds. The molecule has 0 aliphatic rings. The Morgan fingerprint density at radius 3 is 2.13 bits per heavy atom. The van der Waals surface area contributed by atoms with Crippen LogP contribution in [0.2, 0.25) is 0 Å². The Kier molecular flexibility index (Phi) is 11.7. The van der Waals surface area contributed by atoms with E-state index >= 15 is 0 Å². The summed E-state index contributed by atoms with van der Waals surface area (Å²) in [5.41, 5.74) is 0.997. The van der Waals surface area contributed by atoms with Crippen molar-refractivity contribution in [2.75, 3.05) is 45.2 Å². The third-order valence-electron chi connectivity index (χ3n) is 5.68. The molecule has 0 spiro atoms. The second-order valence-electron chi connectivity index (χ2n) is 10.4. The molecule has 2 aromatic carbocycles. The summed E-state index contributed by atoms with van der Waals surface area (Å²) in [6.45, 7) is 10.0. The number of rotatable bonds is 12. The summed E-state index contributed by atoms with van der Waals surface area (Å²) in [5.74, 6) is -0.253. The molecule has 0 saturated carbocycles. The third-order valence-corrected chi connectivity index (χ3v) is 8.57. The number of aromatic nitrogens is 1. The Morgan fingerprint density at radius 2 is 1.58 bits per heavy atom. The highest BCUT2D eigenvalue weighted by Crippen LogP contribution is 2.31. The lowest BCUT2D eigenvalue weighted by Crippen LogP contribution is -2.37. The molecule has 0 aliphatic carbocycles. The van der Waals surface area contributed by atoms with Crippen molar-refractivity contribution in [3.8, 4) is 0 Å². The van der Waals surface area contributed by atoms with Gasteiger partial charge in [-0.3, -0.25) is 9.69 Å². The van der Waals surface area contributed by atoms with Crippen molar-refractivity contribution in [3.63, 3.8) is 0 Å². The molecule has 0 unspecified atom stereocenters. The smallest absolute Gasteiger partial charge is 0.260 e. The maximum absolute atomic E-state index is 13.7. The van der Waals surface area contributed by atoms with Crippen LogP contribution in [0.25, 0.3) is 10.2 Å². The van der Waals surface area contributed by atoms with Crippen LogP contribution < -0.4 is 4.90 Å². The SMILES string of the molecule is CC(C)CN(CC(C)C)S(=O)(=O)c1ccc(C(=O)N(CCCN(C)C)c2nc3ccc(F)cc3s2)cc1.Cl. The van der Waals surface area contributed by atoms with Crippen molar-refractivity contribution in [2.24, 2.45) is 11.8 Å². The van der Waals surface area contributed by atoms with Crippen molar-refractivity contribution < 1.29 is 17.6 Å². The molecule has 0 fully saturated rings. The lowest BCUT2D eigenvalue weighted by atomic mass is 10.2. The third kappa shape index (κ3) is 8.19. The van der Waals surface area contributed by atoms with E-state index in [1.54, 1.807) is 23.1 Å². The molecule has 0 saturated heterocycles. The Labute approximate surface area is 236 Å². The number of hydrogen-bond acceptors (Lipinski definition) is 6. The van der Waals surface area contributed by atoms with Crippen LogP contribution in [0.3, 0.4) is 0 Å². The summed E-state index contributed by atoms with van der Waals surface area (Å²) in [7, 11) is 0.238. The van der Waals surface area contributed by atoms with E-state index in [0.29, 0.717) is 40.5 Å². The lowest BCUT2D eigenvalue weighted by molar-refractivity contribution is 0.0986. The van der Waals surface area contributed by atoms with Gasteiger partial charge in [0.2, 0.25) is 10.0 Å². The first-order valence-electron chi connectivity index (χ1n) is 12.5. The quantitative estimate of drug-likeness (QED) is 0.271. The van der Waals surface area contributed by atoms with Crippen LogP contribution in [0.1, 0.15) is 44.5 Å². The standard InChI is InChI=1S/C27H37FN4O3S2.ClH/c1-19(2)17-31(18-20(3)4)37(34,35)23-11-8-21(9-12-23)26(33)32(15-7-14-30(5)6)27-29-24-13-10-22(28)16-25(24)36-27;/h8-13,16,19-20H,7,14-15,17-18H2,1-6H3;1H. The van der Waals surface area contributed by atoms with Gasteiger partial charge in [-0.25, -0.2) is 17.8 Å². The van der Waals surface area contributed by atoms with Gasteiger partial charge in [0.1, 0.15) is 5.82 Å². The summed E-state index contributed by atoms with van der Waals surface area (Å²) >= 11 is 1.26. The van der Waals surface area contributed by atoms with Gasteiger partial charge in [-0.1, -0.05) is 39.0 Å². The summed E-state index contributed by atoms with van der Waals surface area (Å²) in [5, 5.41) is 0.487. The van der Waals surface area contributed by atoms with Crippen molar-refractivity contribution >= 4 is 55.0 Å². The van der Waals surface area contributed by atoms with Gasteiger partial charge in [0.25, 0.3) is 5.91 Å². The molecule has 1 aromatic heterocycles. The van der Waals surface area contributed by atoms with Crippen molar-refractivity contribution in [3.05, 3.63) is 53.8 Å². The second kappa shape index (κ2) is 13.8. The molecule has 210 valence electrons. The minimum atomic E-state index is -3.69. The Morgan fingerprint density at radius 1 is 0.974 bits per heavy atom. The van der Waals surface area contributed by atoms with Crippen LogP contribution in [-0.4, -0.2) is 68.8 Å². The molecular weight excluding hydrogens is 547 g/mol. The number of carbonyl (C=O) groups excluding carboxylic acids is 1. The first-order chi connectivity index (χ1) is 17.4. The molecule has 0 aliphatic heterocycles. The average Bonchev–Trinajstić information content (AvgIpc) is 3.23. The Hall–Kier alpha value is -2.11. The molecule has 0 bridgehead atoms. The van der Waals surface area contributed by atoms with E-state index in [9.17, 15) is 17.6 Å². The van der Waals surface area contributed by atoms with Crippen LogP contribution in [0, 0.1) is 17.7 Å². The zero-order chi connectivity index (χ0) is 27.3. The average molecular weight is 585 g/mol. The highest BCUT2D eigenvalue weighted by Gasteiger charge is 2.27. The molecular formula is C27H38ClFN4O3S2. The van der Waals surface area contributed by atoms with E-state index < -0.39 is 10.0 Å². The maximum Gasteiger partial charge on any atom is 0.260 e. The monoisotopic (exact) mass is 584 g/mol. The fourth-order valence-corrected chi connectivity index (χ4v) is 6.77. The van der Waals surface area contributed by atoms with E-state index in [0.717, 1.165) is 13.0 Å². The van der Waals surface area contributed by atoms with Gasteiger partial charge < -0.3 is 4.90 Å². The van der Waals surface area contributed by atoms with Gasteiger partial charge in [-0.2, -0.15) is 4.31 Å². The van der Waals surface area contributed by atoms with Crippen molar-refractivity contribution in [2.45, 2.75) is 39.0 Å². The normalized spacial score (nSPS) is 12.1. The highest BCUT2D eigenvalue weighted by atomic mass is 35.5. The first kappa shape index (κ1) is 32.1. The van der Waals surface area contributed by atoms with Crippen LogP contribution in [-0.2, 0) is 10.0 Å². The predicted octanol–water partition coefficient (Wildman–Crippen LogP) is 5.76. The van der Waals surface area contributed by atoms with Gasteiger partial charge >= 0.3 is 0 Å². The Bertz CT molecular complexity index is 1300. The first-order valence-corrected chi connectivity index (χ1v) is 14.8. The summed E-state index contributed by atoms with van der Waals surface area (Å²) < 4.78 is 42.6. The number of carbonyl (C=O) groups is 1. The van der Waals surface area contributed by atoms with Crippen molar-refractivity contribution in [1.82, 2.24) is 14.2 Å². The summed E-state index contributed by atoms with van der Waals surface area (Å²) in [6, 6.07) is 10.5. The van der Waals surface area contributed by atoms with Gasteiger partial charge in [0, 0.05) is 25.2 Å². The van der Waals surface area contributed by atoms with Gasteiger partial charge in [0.15, 0.2) is 5.13 Å². The zero-order valence-electron chi connectivity index (χ0n) is 22.8. The maximum atomic E-state index is 13.7. The molecule has 3 aromatic rings. The van der Waals surface area contributed by atoms with E-state index in [2.05, 4.69) is 4.98 Å². The lowest BCUT2D eigenvalue weighted by Gasteiger charge is -2.26. The topological polar surface area (TPSA) is 73.8 Å². The number of anilines is 1. The minimum Gasteiger partial charge on any atom is -0.309 e. The number of amides is 1. The fraction of sp³-hybridized carbons (Fsp3) is 0.481. The van der Waals surface area contributed by atoms with E-state index in [-0.39, 0.29) is 40.9 Å². The fourth-order valence-electron chi connectivity index (χ4n) is 3.99. The number of fused-ring (bicyclic) bond motifs is 1. The van der Waals surface area contributed by atoms with Gasteiger partial charge in [0.05, 0.1) is 15.1 Å². The number of hydrogen-bond donors (Lipinski definition) is 0. The van der Waals surface area contributed by atoms with E-state index in [1.807, 2.05) is 46.7 Å². The zero-order valence-corrected chi connectivity index (χ0v) is 25.3. The van der Waals surface area contributed by atoms with Crippen LogP contribution >= 0.6 is 23.7 Å². The van der Waals surface area contributed by atoms with Crippen molar-refractivity contribution in [1.29, 1.82) is 0 Å². The molecule has 1 heterocycles. The number of halogens is 2. The molecule has 0 radical (unpaired) electrons. The van der Waals surface area contributed by atoms with Crippen LogP contribution in [0.5, 0.6) is 0 Å². The number of nitrogens with zero attached hydrogens (tertiary/aromatic N) is 4. The predicted molar refractivity (Wildman–Crippen MR) is 157 cm³/mol. The van der Waals surface area contributed by atoms with Crippen LogP contribution in [0.4, 0.5) is 9.52 Å². The molecule has 3 rings (SSSR count). The minimum absolute atomic E-state index is 0. The molecule has 38 heavy (non-hydrogen) atoms. The number of sulfonamides is 1. The molecule has 7 nitrogen and oxygen atoms in total. The molecule has 0 atom stereocenters. The van der Waals surface area contributed by atoms with Gasteiger partial charge in [-0.15, -0.1) is 12.4 Å². The van der Waals surface area contributed by atoms with Crippen LogP contribution in [0.15, 0.2) is 47.4 Å². The molecule has 0 N–H and O–H groups in total. The highest BCUT2D eigenvalue weighted by molar-refractivity contribution is 7.89. The van der Waals surface area contributed by atoms with Gasteiger partial charge in [-0.05, 0) is 81.4 Å². The summed E-state index contributed by atoms with van der Waals surface area (Å²) in [6.07, 6.45) is 0.717. The molecule has 11 heteroatoms. The number of thiazole rings is 1. The summed E-state index contributed by atoms with van der Waals surface area (Å²) in [4.78, 5) is 22.0. The Balaban J connectivity index is 0.00000507. The van der Waals surface area contributed by atoms with E-state index in [1.165, 1.54) is 39.9 Å². The van der Waals surface area contributed by atoms with E-state index in [4.69, 9.17) is 0 Å². The number of benzene rings is 2. The largest absolute Gasteiger partial charge is 0.309 e.